The Kier molecular flexibility index (Phi) is 5.17. The van der Waals surface area contributed by atoms with Gasteiger partial charge in [0.2, 0.25) is 5.91 Å². The lowest BCUT2D eigenvalue weighted by Crippen LogP contribution is -2.14. The number of carbonyl (C=O) groups is 1. The van der Waals surface area contributed by atoms with Crippen LogP contribution in [0.4, 0.5) is 5.13 Å². The van der Waals surface area contributed by atoms with Crippen molar-refractivity contribution in [2.75, 3.05) is 5.32 Å². The van der Waals surface area contributed by atoms with Crippen LogP contribution < -0.4 is 10.1 Å². The van der Waals surface area contributed by atoms with Crippen molar-refractivity contribution in [3.63, 3.8) is 0 Å². The van der Waals surface area contributed by atoms with Crippen molar-refractivity contribution < 1.29 is 9.53 Å². The summed E-state index contributed by atoms with van der Waals surface area (Å²) in [4.78, 5) is 16.4. The van der Waals surface area contributed by atoms with Crippen LogP contribution in [0, 0.1) is 0 Å². The molecule has 0 radical (unpaired) electrons. The number of amides is 1. The first kappa shape index (κ1) is 16.1. The highest BCUT2D eigenvalue weighted by Gasteiger charge is 2.13. The van der Waals surface area contributed by atoms with Crippen LogP contribution in [0.15, 0.2) is 48.4 Å². The van der Waals surface area contributed by atoms with E-state index in [1.54, 1.807) is 17.2 Å². The van der Waals surface area contributed by atoms with Gasteiger partial charge in [0.25, 0.3) is 0 Å². The summed E-state index contributed by atoms with van der Waals surface area (Å²) < 4.78 is 7.58. The maximum absolute atomic E-state index is 11.9. The molecular formula is C16H17N5O2S. The van der Waals surface area contributed by atoms with E-state index < -0.39 is 0 Å². The predicted octanol–water partition coefficient (Wildman–Crippen LogP) is 2.90. The quantitative estimate of drug-likeness (QED) is 0.713. The first-order valence-corrected chi connectivity index (χ1v) is 8.38. The van der Waals surface area contributed by atoms with E-state index in [1.807, 2.05) is 42.6 Å². The summed E-state index contributed by atoms with van der Waals surface area (Å²) in [6, 6.07) is 9.58. The molecule has 3 aromatic rings. The lowest BCUT2D eigenvalue weighted by atomic mass is 10.3. The fourth-order valence-corrected chi connectivity index (χ4v) is 2.85. The molecule has 0 bridgehead atoms. The van der Waals surface area contributed by atoms with Gasteiger partial charge in [-0.3, -0.25) is 4.79 Å². The summed E-state index contributed by atoms with van der Waals surface area (Å²) in [6.07, 6.45) is 3.31. The number of ether oxygens (including phenoxy) is 1. The standard InChI is InChI=1S/C16H17N5O2S/c1-12(23-13-5-3-2-4-6-13)14-9-24-16(19-14)20-15(22)7-8-21-10-17-18-11-21/h2-6,9-12H,7-8H2,1H3,(H,19,20,22). The van der Waals surface area contributed by atoms with E-state index in [-0.39, 0.29) is 12.0 Å². The number of nitrogens with one attached hydrogen (secondary N) is 1. The average molecular weight is 343 g/mol. The lowest BCUT2D eigenvalue weighted by molar-refractivity contribution is -0.116. The smallest absolute Gasteiger partial charge is 0.227 e. The summed E-state index contributed by atoms with van der Waals surface area (Å²) in [5.74, 6) is 0.693. The van der Waals surface area contributed by atoms with Crippen molar-refractivity contribution in [3.8, 4) is 5.75 Å². The molecule has 2 aromatic heterocycles. The Morgan fingerprint density at radius 1 is 1.29 bits per heavy atom. The van der Waals surface area contributed by atoms with Crippen LogP contribution in [0.1, 0.15) is 25.1 Å². The number of thiazole rings is 1. The third-order valence-corrected chi connectivity index (χ3v) is 4.08. The third kappa shape index (κ3) is 4.39. The summed E-state index contributed by atoms with van der Waals surface area (Å²) in [6.45, 7) is 2.46. The number of nitrogens with zero attached hydrogens (tertiary/aromatic N) is 4. The highest BCUT2D eigenvalue weighted by molar-refractivity contribution is 7.13. The van der Waals surface area contributed by atoms with Crippen LogP contribution in [-0.4, -0.2) is 25.7 Å². The zero-order chi connectivity index (χ0) is 16.8. The van der Waals surface area contributed by atoms with Gasteiger partial charge in [-0.1, -0.05) is 18.2 Å². The molecule has 1 atom stereocenters. The number of aromatic nitrogens is 4. The summed E-state index contributed by atoms with van der Waals surface area (Å²) >= 11 is 1.39. The fraction of sp³-hybridized carbons (Fsp3) is 0.250. The molecule has 0 saturated carbocycles. The minimum absolute atomic E-state index is 0.0961. The number of rotatable bonds is 7. The van der Waals surface area contributed by atoms with Crippen molar-refractivity contribution in [2.45, 2.75) is 26.0 Å². The van der Waals surface area contributed by atoms with Gasteiger partial charge in [0.1, 0.15) is 24.5 Å². The zero-order valence-corrected chi connectivity index (χ0v) is 13.9. The molecule has 0 fully saturated rings. The summed E-state index contributed by atoms with van der Waals surface area (Å²) in [5, 5.41) is 12.7. The molecule has 7 nitrogen and oxygen atoms in total. The molecular weight excluding hydrogens is 326 g/mol. The van der Waals surface area contributed by atoms with Crippen molar-refractivity contribution in [1.29, 1.82) is 0 Å². The van der Waals surface area contributed by atoms with Crippen LogP contribution in [0.5, 0.6) is 5.75 Å². The number of para-hydroxylation sites is 1. The Morgan fingerprint density at radius 2 is 2.04 bits per heavy atom. The molecule has 1 aromatic carbocycles. The Balaban J connectivity index is 1.52. The van der Waals surface area contributed by atoms with Gasteiger partial charge in [0.05, 0.1) is 5.69 Å². The molecule has 1 unspecified atom stereocenters. The largest absolute Gasteiger partial charge is 0.484 e. The van der Waals surface area contributed by atoms with E-state index >= 15 is 0 Å². The molecule has 3 rings (SSSR count). The molecule has 124 valence electrons. The minimum atomic E-state index is -0.189. The van der Waals surface area contributed by atoms with Crippen molar-refractivity contribution in [2.24, 2.45) is 0 Å². The van der Waals surface area contributed by atoms with Crippen LogP contribution in [0.3, 0.4) is 0 Å². The van der Waals surface area contributed by atoms with Gasteiger partial charge in [-0.25, -0.2) is 4.98 Å². The first-order chi connectivity index (χ1) is 11.7. The van der Waals surface area contributed by atoms with Gasteiger partial charge < -0.3 is 14.6 Å². The first-order valence-electron chi connectivity index (χ1n) is 7.50. The molecule has 8 heteroatoms. The van der Waals surface area contributed by atoms with E-state index in [9.17, 15) is 4.79 Å². The summed E-state index contributed by atoms with van der Waals surface area (Å²) in [5.41, 5.74) is 0.790. The van der Waals surface area contributed by atoms with Gasteiger partial charge in [-0.15, -0.1) is 21.5 Å². The molecule has 24 heavy (non-hydrogen) atoms. The molecule has 0 aliphatic heterocycles. The minimum Gasteiger partial charge on any atom is -0.484 e. The summed E-state index contributed by atoms with van der Waals surface area (Å²) in [7, 11) is 0. The molecule has 1 amide bonds. The Hall–Kier alpha value is -2.74. The van der Waals surface area contributed by atoms with E-state index in [4.69, 9.17) is 4.74 Å². The number of hydrogen-bond acceptors (Lipinski definition) is 6. The second kappa shape index (κ2) is 7.69. The number of anilines is 1. The Bertz CT molecular complexity index is 773. The van der Waals surface area contributed by atoms with E-state index in [0.717, 1.165) is 11.4 Å². The second-order valence-corrected chi connectivity index (χ2v) is 6.01. The van der Waals surface area contributed by atoms with E-state index in [1.165, 1.54) is 11.3 Å². The van der Waals surface area contributed by atoms with Crippen molar-refractivity contribution in [3.05, 3.63) is 54.1 Å². The Labute approximate surface area is 143 Å². The highest BCUT2D eigenvalue weighted by Crippen LogP contribution is 2.25. The molecule has 0 aliphatic carbocycles. The van der Waals surface area contributed by atoms with Crippen LogP contribution in [-0.2, 0) is 11.3 Å². The van der Waals surface area contributed by atoms with E-state index in [2.05, 4.69) is 20.5 Å². The van der Waals surface area contributed by atoms with Gasteiger partial charge >= 0.3 is 0 Å². The third-order valence-electron chi connectivity index (χ3n) is 3.30. The molecule has 0 aliphatic rings. The van der Waals surface area contributed by atoms with Crippen LogP contribution >= 0.6 is 11.3 Å². The van der Waals surface area contributed by atoms with E-state index in [0.29, 0.717) is 18.1 Å². The van der Waals surface area contributed by atoms with Gasteiger partial charge in [-0.2, -0.15) is 0 Å². The fourth-order valence-electron chi connectivity index (χ4n) is 2.04. The van der Waals surface area contributed by atoms with Crippen LogP contribution in [0.25, 0.3) is 0 Å². The van der Waals surface area contributed by atoms with Crippen LogP contribution in [0.2, 0.25) is 0 Å². The average Bonchev–Trinajstić information content (AvgIpc) is 3.25. The normalized spacial score (nSPS) is 11.9. The molecule has 0 spiro atoms. The lowest BCUT2D eigenvalue weighted by Gasteiger charge is -2.12. The number of aryl methyl sites for hydroxylation is 1. The van der Waals surface area contributed by atoms with Crippen molar-refractivity contribution in [1.82, 2.24) is 19.7 Å². The SMILES string of the molecule is CC(Oc1ccccc1)c1csc(NC(=O)CCn2cnnc2)n1. The molecule has 0 saturated heterocycles. The van der Waals surface area contributed by atoms with Gasteiger partial charge in [-0.05, 0) is 19.1 Å². The topological polar surface area (TPSA) is 81.9 Å². The maximum atomic E-state index is 11.9. The number of carbonyl (C=O) groups excluding carboxylic acids is 1. The maximum Gasteiger partial charge on any atom is 0.227 e. The number of benzene rings is 1. The highest BCUT2D eigenvalue weighted by atomic mass is 32.1. The van der Waals surface area contributed by atoms with Crippen molar-refractivity contribution >= 4 is 22.4 Å². The predicted molar refractivity (Wildman–Crippen MR) is 90.9 cm³/mol. The Morgan fingerprint density at radius 3 is 2.79 bits per heavy atom. The van der Waals surface area contributed by atoms with Gasteiger partial charge in [0, 0.05) is 18.3 Å². The molecule has 1 N–H and O–H groups in total. The number of hydrogen-bond donors (Lipinski definition) is 1. The van der Waals surface area contributed by atoms with Gasteiger partial charge in [0.15, 0.2) is 5.13 Å². The molecule has 2 heterocycles. The second-order valence-electron chi connectivity index (χ2n) is 5.15. The monoisotopic (exact) mass is 343 g/mol. The zero-order valence-electron chi connectivity index (χ0n) is 13.1.